The Morgan fingerprint density at radius 2 is 2.14 bits per heavy atom. The van der Waals surface area contributed by atoms with Crippen LogP contribution >= 0.6 is 0 Å². The molecule has 1 aliphatic rings. The number of aromatic nitrogens is 4. The van der Waals surface area contributed by atoms with E-state index in [-0.39, 0.29) is 18.3 Å². The van der Waals surface area contributed by atoms with Crippen LogP contribution in [0.4, 0.5) is 13.2 Å². The minimum atomic E-state index is -4.47. The van der Waals surface area contributed by atoms with Gasteiger partial charge in [-0.25, -0.2) is 4.98 Å². The number of hydrogen-bond acceptors (Lipinski definition) is 3. The maximum Gasteiger partial charge on any atom is 0.434 e. The number of carbonyl (C=O) groups excluding carboxylic acids is 1. The standard InChI is InChI=1S/C12H12F3N5O/c1-7-8(4-16-18-7)11(21)20-3-2-19-5-9(12(13,14)15)17-10(19)6-20/h4-5H,2-3,6H2,1H3,(H,16,18). The zero-order valence-corrected chi connectivity index (χ0v) is 11.1. The molecule has 0 spiro atoms. The summed E-state index contributed by atoms with van der Waals surface area (Å²) in [6.07, 6.45) is -2.07. The van der Waals surface area contributed by atoms with Crippen LogP contribution in [0.2, 0.25) is 0 Å². The van der Waals surface area contributed by atoms with E-state index in [1.165, 1.54) is 15.7 Å². The van der Waals surface area contributed by atoms with Gasteiger partial charge in [-0.2, -0.15) is 18.3 Å². The lowest BCUT2D eigenvalue weighted by Gasteiger charge is -2.27. The number of hydrogen-bond donors (Lipinski definition) is 1. The summed E-state index contributed by atoms with van der Waals surface area (Å²) in [6, 6.07) is 0. The van der Waals surface area contributed by atoms with Crippen molar-refractivity contribution in [3.05, 3.63) is 35.2 Å². The first-order chi connectivity index (χ1) is 9.86. The van der Waals surface area contributed by atoms with Crippen molar-refractivity contribution in [2.24, 2.45) is 0 Å². The largest absolute Gasteiger partial charge is 0.434 e. The van der Waals surface area contributed by atoms with E-state index in [0.717, 1.165) is 6.20 Å². The molecule has 0 aromatic carbocycles. The molecule has 1 N–H and O–H groups in total. The molecule has 3 rings (SSSR count). The molecule has 6 nitrogen and oxygen atoms in total. The molecule has 0 aliphatic carbocycles. The number of imidazole rings is 1. The van der Waals surface area contributed by atoms with Crippen LogP contribution in [0.3, 0.4) is 0 Å². The number of carbonyl (C=O) groups is 1. The van der Waals surface area contributed by atoms with Crippen LogP contribution in [0.25, 0.3) is 0 Å². The number of aryl methyl sites for hydroxylation is 1. The number of nitrogens with one attached hydrogen (secondary N) is 1. The van der Waals surface area contributed by atoms with Gasteiger partial charge in [-0.1, -0.05) is 0 Å². The SMILES string of the molecule is Cc1[nH]ncc1C(=O)N1CCn2cc(C(F)(F)F)nc2C1. The predicted molar refractivity (Wildman–Crippen MR) is 65.3 cm³/mol. The molecular weight excluding hydrogens is 287 g/mol. The van der Waals surface area contributed by atoms with Gasteiger partial charge >= 0.3 is 6.18 Å². The number of aromatic amines is 1. The third-order valence-corrected chi connectivity index (χ3v) is 3.44. The van der Waals surface area contributed by atoms with Gasteiger partial charge in [-0.15, -0.1) is 0 Å². The van der Waals surface area contributed by atoms with Gasteiger partial charge in [-0.05, 0) is 6.92 Å². The van der Waals surface area contributed by atoms with Gasteiger partial charge in [-0.3, -0.25) is 9.89 Å². The van der Waals surface area contributed by atoms with Crippen LogP contribution in [0.15, 0.2) is 12.4 Å². The van der Waals surface area contributed by atoms with Crippen molar-refractivity contribution in [1.82, 2.24) is 24.6 Å². The van der Waals surface area contributed by atoms with Gasteiger partial charge in [0, 0.05) is 25.0 Å². The monoisotopic (exact) mass is 299 g/mol. The van der Waals surface area contributed by atoms with Gasteiger partial charge in [0.05, 0.1) is 18.3 Å². The molecule has 3 heterocycles. The molecule has 0 fully saturated rings. The number of H-pyrrole nitrogens is 1. The van der Waals surface area contributed by atoms with E-state index in [1.807, 2.05) is 0 Å². The second-order valence-corrected chi connectivity index (χ2v) is 4.87. The van der Waals surface area contributed by atoms with Gasteiger partial charge in [0.2, 0.25) is 0 Å². The summed E-state index contributed by atoms with van der Waals surface area (Å²) >= 11 is 0. The van der Waals surface area contributed by atoms with E-state index >= 15 is 0 Å². The Bertz CT molecular complexity index is 687. The molecule has 0 radical (unpaired) electrons. The van der Waals surface area contributed by atoms with Crippen LogP contribution in [0, 0.1) is 6.92 Å². The molecule has 0 unspecified atom stereocenters. The van der Waals surface area contributed by atoms with Crippen LogP contribution in [0.1, 0.15) is 27.6 Å². The van der Waals surface area contributed by atoms with Crippen molar-refractivity contribution >= 4 is 5.91 Å². The molecule has 0 saturated carbocycles. The molecule has 112 valence electrons. The molecule has 1 aliphatic heterocycles. The number of halogens is 3. The van der Waals surface area contributed by atoms with Crippen molar-refractivity contribution in [3.63, 3.8) is 0 Å². The highest BCUT2D eigenvalue weighted by molar-refractivity contribution is 5.95. The maximum absolute atomic E-state index is 12.6. The number of fused-ring (bicyclic) bond motifs is 1. The molecular formula is C12H12F3N5O. The van der Waals surface area contributed by atoms with Gasteiger partial charge in [0.1, 0.15) is 5.82 Å². The summed E-state index contributed by atoms with van der Waals surface area (Å²) < 4.78 is 39.4. The van der Waals surface area contributed by atoms with Gasteiger partial charge < -0.3 is 9.47 Å². The van der Waals surface area contributed by atoms with Crippen molar-refractivity contribution in [2.75, 3.05) is 6.54 Å². The topological polar surface area (TPSA) is 66.8 Å². The first kappa shape index (κ1) is 13.7. The average molecular weight is 299 g/mol. The summed E-state index contributed by atoms with van der Waals surface area (Å²) in [5.41, 5.74) is 0.127. The number of rotatable bonds is 1. The molecule has 0 saturated heterocycles. The second kappa shape index (κ2) is 4.61. The third-order valence-electron chi connectivity index (χ3n) is 3.44. The van der Waals surface area contributed by atoms with E-state index in [4.69, 9.17) is 0 Å². The maximum atomic E-state index is 12.6. The van der Waals surface area contributed by atoms with Crippen LogP contribution in [0.5, 0.6) is 0 Å². The Morgan fingerprint density at radius 1 is 1.38 bits per heavy atom. The van der Waals surface area contributed by atoms with Crippen molar-refractivity contribution in [1.29, 1.82) is 0 Å². The molecule has 0 atom stereocenters. The fraction of sp³-hybridized carbons (Fsp3) is 0.417. The molecule has 9 heteroatoms. The Labute approximate surface area is 117 Å². The van der Waals surface area contributed by atoms with Crippen molar-refractivity contribution < 1.29 is 18.0 Å². The minimum Gasteiger partial charge on any atom is -0.331 e. The molecule has 0 bridgehead atoms. The predicted octanol–water partition coefficient (Wildman–Crippen LogP) is 1.59. The first-order valence-electron chi connectivity index (χ1n) is 6.29. The highest BCUT2D eigenvalue weighted by Crippen LogP contribution is 2.29. The van der Waals surface area contributed by atoms with Crippen LogP contribution in [-0.2, 0) is 19.3 Å². The normalized spacial score (nSPS) is 15.1. The highest BCUT2D eigenvalue weighted by atomic mass is 19.4. The number of amides is 1. The summed E-state index contributed by atoms with van der Waals surface area (Å²) in [4.78, 5) is 17.4. The minimum absolute atomic E-state index is 0.0551. The van der Waals surface area contributed by atoms with Gasteiger partial charge in [0.15, 0.2) is 5.69 Å². The average Bonchev–Trinajstić information content (AvgIpc) is 3.02. The number of alkyl halides is 3. The second-order valence-electron chi connectivity index (χ2n) is 4.87. The molecule has 2 aromatic heterocycles. The summed E-state index contributed by atoms with van der Waals surface area (Å²) in [7, 11) is 0. The Hall–Kier alpha value is -2.32. The molecule has 1 amide bonds. The Kier molecular flexibility index (Phi) is 2.99. The fourth-order valence-corrected chi connectivity index (χ4v) is 2.30. The molecule has 2 aromatic rings. The number of nitrogens with zero attached hydrogens (tertiary/aromatic N) is 4. The van der Waals surface area contributed by atoms with E-state index in [9.17, 15) is 18.0 Å². The van der Waals surface area contributed by atoms with E-state index in [1.54, 1.807) is 6.92 Å². The molecule has 21 heavy (non-hydrogen) atoms. The Balaban J connectivity index is 1.83. The van der Waals surface area contributed by atoms with E-state index in [2.05, 4.69) is 15.2 Å². The lowest BCUT2D eigenvalue weighted by atomic mass is 10.2. The third kappa shape index (κ3) is 2.39. The van der Waals surface area contributed by atoms with E-state index < -0.39 is 11.9 Å². The zero-order chi connectivity index (χ0) is 15.2. The van der Waals surface area contributed by atoms with Gasteiger partial charge in [0.25, 0.3) is 5.91 Å². The summed E-state index contributed by atoms with van der Waals surface area (Å²) in [5, 5.41) is 6.44. The Morgan fingerprint density at radius 3 is 2.76 bits per heavy atom. The summed E-state index contributed by atoms with van der Waals surface area (Å²) in [6.45, 7) is 2.40. The first-order valence-corrected chi connectivity index (χ1v) is 6.29. The zero-order valence-electron chi connectivity index (χ0n) is 11.1. The quantitative estimate of drug-likeness (QED) is 0.869. The lowest BCUT2D eigenvalue weighted by Crippen LogP contribution is -2.38. The highest BCUT2D eigenvalue weighted by Gasteiger charge is 2.36. The lowest BCUT2D eigenvalue weighted by molar-refractivity contribution is -0.141. The fourth-order valence-electron chi connectivity index (χ4n) is 2.30. The van der Waals surface area contributed by atoms with Crippen LogP contribution < -0.4 is 0 Å². The van der Waals surface area contributed by atoms with Crippen LogP contribution in [-0.4, -0.2) is 37.1 Å². The smallest absolute Gasteiger partial charge is 0.331 e. The summed E-state index contributed by atoms with van der Waals surface area (Å²) in [5.74, 6) is -0.0212. The van der Waals surface area contributed by atoms with E-state index in [0.29, 0.717) is 24.3 Å². The van der Waals surface area contributed by atoms with Crippen molar-refractivity contribution in [2.45, 2.75) is 26.2 Å². The van der Waals surface area contributed by atoms with Crippen molar-refractivity contribution in [3.8, 4) is 0 Å².